The van der Waals surface area contributed by atoms with Crippen molar-refractivity contribution in [2.45, 2.75) is 52.7 Å². The average Bonchev–Trinajstić information content (AvgIpc) is 3.00. The molecule has 2 atom stereocenters. The highest BCUT2D eigenvalue weighted by atomic mass is 32.1. The SMILES string of the molecule is Cc1nc(NC(=O)[C@@H](OC[C@@H]2CCCO2)C(C)C)sc1C. The topological polar surface area (TPSA) is 60.5 Å². The minimum Gasteiger partial charge on any atom is -0.376 e. The van der Waals surface area contributed by atoms with Crippen LogP contribution in [0.15, 0.2) is 0 Å². The highest BCUT2D eigenvalue weighted by molar-refractivity contribution is 7.15. The summed E-state index contributed by atoms with van der Waals surface area (Å²) in [5.74, 6) is -0.0229. The summed E-state index contributed by atoms with van der Waals surface area (Å²) in [5.41, 5.74) is 0.955. The third-order valence-electron chi connectivity index (χ3n) is 3.61. The minimum absolute atomic E-state index is 0.105. The molecule has 1 saturated heterocycles. The van der Waals surface area contributed by atoms with Crippen molar-refractivity contribution in [2.75, 3.05) is 18.5 Å². The summed E-state index contributed by atoms with van der Waals surface area (Å²) in [6, 6.07) is 0. The molecule has 0 spiro atoms. The molecule has 0 unspecified atom stereocenters. The second-order valence-electron chi connectivity index (χ2n) is 5.78. The van der Waals surface area contributed by atoms with Gasteiger partial charge >= 0.3 is 0 Å². The van der Waals surface area contributed by atoms with Crippen molar-refractivity contribution in [2.24, 2.45) is 5.92 Å². The van der Waals surface area contributed by atoms with Crippen molar-refractivity contribution in [3.63, 3.8) is 0 Å². The number of aromatic nitrogens is 1. The van der Waals surface area contributed by atoms with Crippen LogP contribution < -0.4 is 5.32 Å². The van der Waals surface area contributed by atoms with Gasteiger partial charge in [0, 0.05) is 11.5 Å². The van der Waals surface area contributed by atoms with Gasteiger partial charge in [-0.25, -0.2) is 4.98 Å². The zero-order chi connectivity index (χ0) is 15.4. The number of rotatable bonds is 6. The van der Waals surface area contributed by atoms with Gasteiger partial charge in [-0.3, -0.25) is 10.1 Å². The molecule has 1 N–H and O–H groups in total. The van der Waals surface area contributed by atoms with Gasteiger partial charge < -0.3 is 9.47 Å². The quantitative estimate of drug-likeness (QED) is 0.877. The van der Waals surface area contributed by atoms with E-state index in [2.05, 4.69) is 10.3 Å². The summed E-state index contributed by atoms with van der Waals surface area (Å²) in [6.45, 7) is 9.18. The predicted molar refractivity (Wildman–Crippen MR) is 83.8 cm³/mol. The van der Waals surface area contributed by atoms with E-state index >= 15 is 0 Å². The number of thiazole rings is 1. The number of hydrogen-bond donors (Lipinski definition) is 1. The molecule has 0 aliphatic carbocycles. The van der Waals surface area contributed by atoms with Crippen molar-refractivity contribution in [3.8, 4) is 0 Å². The Balaban J connectivity index is 1.91. The molecule has 118 valence electrons. The third-order valence-corrected chi connectivity index (χ3v) is 4.60. The van der Waals surface area contributed by atoms with Gasteiger partial charge in [0.15, 0.2) is 5.13 Å². The highest BCUT2D eigenvalue weighted by Crippen LogP contribution is 2.22. The number of carbonyl (C=O) groups excluding carboxylic acids is 1. The molecular weight excluding hydrogens is 288 g/mol. The molecule has 1 amide bonds. The Bertz CT molecular complexity index is 462. The van der Waals surface area contributed by atoms with Crippen molar-refractivity contribution < 1.29 is 14.3 Å². The predicted octanol–water partition coefficient (Wildman–Crippen LogP) is 2.92. The summed E-state index contributed by atoms with van der Waals surface area (Å²) < 4.78 is 11.3. The van der Waals surface area contributed by atoms with Crippen LogP contribution in [0.25, 0.3) is 0 Å². The molecule has 0 radical (unpaired) electrons. The van der Waals surface area contributed by atoms with Gasteiger partial charge in [-0.2, -0.15) is 0 Å². The number of nitrogens with zero attached hydrogens (tertiary/aromatic N) is 1. The molecule has 1 aliphatic heterocycles. The first-order valence-corrected chi connectivity index (χ1v) is 8.27. The van der Waals surface area contributed by atoms with Crippen LogP contribution in [0.4, 0.5) is 5.13 Å². The van der Waals surface area contributed by atoms with E-state index in [1.807, 2.05) is 27.7 Å². The van der Waals surface area contributed by atoms with Crippen LogP contribution in [0.2, 0.25) is 0 Å². The number of ether oxygens (including phenoxy) is 2. The lowest BCUT2D eigenvalue weighted by atomic mass is 10.1. The Hall–Kier alpha value is -0.980. The number of aryl methyl sites for hydroxylation is 2. The van der Waals surface area contributed by atoms with Gasteiger partial charge in [-0.05, 0) is 32.6 Å². The Kier molecular flexibility index (Phi) is 5.72. The number of nitrogens with one attached hydrogen (secondary N) is 1. The largest absolute Gasteiger partial charge is 0.376 e. The molecule has 6 heteroatoms. The fraction of sp³-hybridized carbons (Fsp3) is 0.733. The summed E-state index contributed by atoms with van der Waals surface area (Å²) >= 11 is 1.49. The van der Waals surface area contributed by atoms with E-state index in [4.69, 9.17) is 9.47 Å². The molecular formula is C15H24N2O3S. The van der Waals surface area contributed by atoms with Gasteiger partial charge in [-0.15, -0.1) is 11.3 Å². The first-order valence-electron chi connectivity index (χ1n) is 7.45. The lowest BCUT2D eigenvalue weighted by molar-refractivity contribution is -0.132. The van der Waals surface area contributed by atoms with Crippen molar-refractivity contribution in [1.29, 1.82) is 0 Å². The second-order valence-corrected chi connectivity index (χ2v) is 6.99. The molecule has 0 bridgehead atoms. The number of amides is 1. The van der Waals surface area contributed by atoms with Gasteiger partial charge in [0.25, 0.3) is 5.91 Å². The van der Waals surface area contributed by atoms with Gasteiger partial charge in [0.1, 0.15) is 6.10 Å². The van der Waals surface area contributed by atoms with E-state index in [1.54, 1.807) is 0 Å². The average molecular weight is 312 g/mol. The van der Waals surface area contributed by atoms with Gasteiger partial charge in [0.2, 0.25) is 0 Å². The Labute approximate surface area is 130 Å². The van der Waals surface area contributed by atoms with Crippen LogP contribution >= 0.6 is 11.3 Å². The van der Waals surface area contributed by atoms with Crippen molar-refractivity contribution in [1.82, 2.24) is 4.98 Å². The zero-order valence-corrected chi connectivity index (χ0v) is 14.0. The molecule has 0 saturated carbocycles. The summed E-state index contributed by atoms with van der Waals surface area (Å²) in [6.07, 6.45) is 1.74. The van der Waals surface area contributed by atoms with E-state index in [0.29, 0.717) is 11.7 Å². The van der Waals surface area contributed by atoms with Crippen LogP contribution in [-0.4, -0.2) is 36.3 Å². The maximum atomic E-state index is 12.4. The standard InChI is InChI=1S/C15H24N2O3S/c1-9(2)13(20-8-12-6-5-7-19-12)14(18)17-15-16-10(3)11(4)21-15/h9,12-13H,5-8H2,1-4H3,(H,16,17,18)/t12-,13-/m0/s1. The number of anilines is 1. The number of hydrogen-bond acceptors (Lipinski definition) is 5. The van der Waals surface area contributed by atoms with Crippen LogP contribution in [0.3, 0.4) is 0 Å². The van der Waals surface area contributed by atoms with E-state index < -0.39 is 6.10 Å². The zero-order valence-electron chi connectivity index (χ0n) is 13.1. The number of carbonyl (C=O) groups is 1. The second kappa shape index (κ2) is 7.33. The van der Waals surface area contributed by atoms with Crippen LogP contribution in [-0.2, 0) is 14.3 Å². The smallest absolute Gasteiger partial charge is 0.255 e. The lowest BCUT2D eigenvalue weighted by Gasteiger charge is -2.22. The molecule has 21 heavy (non-hydrogen) atoms. The van der Waals surface area contributed by atoms with E-state index in [-0.39, 0.29) is 17.9 Å². The van der Waals surface area contributed by atoms with E-state index in [9.17, 15) is 4.79 Å². The van der Waals surface area contributed by atoms with E-state index in [1.165, 1.54) is 11.3 Å². The maximum absolute atomic E-state index is 12.4. The minimum atomic E-state index is -0.473. The Morgan fingerprint density at radius 2 is 2.29 bits per heavy atom. The molecule has 1 aromatic heterocycles. The van der Waals surface area contributed by atoms with Gasteiger partial charge in [-0.1, -0.05) is 13.8 Å². The van der Waals surface area contributed by atoms with Gasteiger partial charge in [0.05, 0.1) is 18.4 Å². The molecule has 0 aromatic carbocycles. The summed E-state index contributed by atoms with van der Waals surface area (Å²) in [5, 5.41) is 3.50. The molecule has 2 heterocycles. The first kappa shape index (κ1) is 16.4. The van der Waals surface area contributed by atoms with Crippen LogP contribution in [0.1, 0.15) is 37.3 Å². The normalized spacial score (nSPS) is 20.0. The monoisotopic (exact) mass is 312 g/mol. The fourth-order valence-corrected chi connectivity index (χ4v) is 3.08. The van der Waals surface area contributed by atoms with Crippen LogP contribution in [0.5, 0.6) is 0 Å². The maximum Gasteiger partial charge on any atom is 0.255 e. The molecule has 2 rings (SSSR count). The third kappa shape index (κ3) is 4.49. The lowest BCUT2D eigenvalue weighted by Crippen LogP contribution is -2.36. The van der Waals surface area contributed by atoms with Crippen LogP contribution in [0, 0.1) is 19.8 Å². The van der Waals surface area contributed by atoms with Crippen molar-refractivity contribution in [3.05, 3.63) is 10.6 Å². The summed E-state index contributed by atoms with van der Waals surface area (Å²) in [7, 11) is 0. The molecule has 1 fully saturated rings. The fourth-order valence-electron chi connectivity index (χ4n) is 2.26. The van der Waals surface area contributed by atoms with E-state index in [0.717, 1.165) is 30.0 Å². The Morgan fingerprint density at radius 3 is 2.81 bits per heavy atom. The molecule has 5 nitrogen and oxygen atoms in total. The summed E-state index contributed by atoms with van der Waals surface area (Å²) in [4.78, 5) is 17.8. The molecule has 1 aliphatic rings. The highest BCUT2D eigenvalue weighted by Gasteiger charge is 2.26. The Morgan fingerprint density at radius 1 is 1.52 bits per heavy atom. The van der Waals surface area contributed by atoms with Crippen molar-refractivity contribution >= 4 is 22.4 Å². The molecule has 1 aromatic rings. The first-order chi connectivity index (χ1) is 9.97.